The Morgan fingerprint density at radius 1 is 1.28 bits per heavy atom. The first kappa shape index (κ1) is 16.7. The van der Waals surface area contributed by atoms with E-state index in [0.29, 0.717) is 0 Å². The zero-order chi connectivity index (χ0) is 14.3. The number of carbonyl (C=O) groups excluding carboxylic acids is 2. The van der Waals surface area contributed by atoms with Gasteiger partial charge in [0.15, 0.2) is 0 Å². The predicted molar refractivity (Wildman–Crippen MR) is 66.1 cm³/mol. The summed E-state index contributed by atoms with van der Waals surface area (Å²) in [6, 6.07) is -0.703. The number of rotatable bonds is 5. The summed E-state index contributed by atoms with van der Waals surface area (Å²) in [7, 11) is 0. The Morgan fingerprint density at radius 2 is 1.83 bits per heavy atom. The zero-order valence-corrected chi connectivity index (χ0v) is 11.6. The number of amides is 1. The first-order chi connectivity index (χ1) is 8.14. The van der Waals surface area contributed by atoms with Gasteiger partial charge >= 0.3 is 12.1 Å². The highest BCUT2D eigenvalue weighted by Crippen LogP contribution is 2.07. The predicted octanol–water partition coefficient (Wildman–Crippen LogP) is 1.21. The van der Waals surface area contributed by atoms with Crippen molar-refractivity contribution in [1.29, 1.82) is 0 Å². The quantitative estimate of drug-likeness (QED) is 0.727. The van der Waals surface area contributed by atoms with Crippen molar-refractivity contribution < 1.29 is 24.2 Å². The van der Waals surface area contributed by atoms with Crippen LogP contribution in [0.1, 0.15) is 41.0 Å². The Kier molecular flexibility index (Phi) is 6.68. The van der Waals surface area contributed by atoms with Crippen molar-refractivity contribution in [2.45, 2.75) is 58.8 Å². The van der Waals surface area contributed by atoms with Crippen LogP contribution in [0.4, 0.5) is 4.79 Å². The molecule has 0 aromatic carbocycles. The van der Waals surface area contributed by atoms with Gasteiger partial charge in [0.25, 0.3) is 0 Å². The molecule has 1 unspecified atom stereocenters. The van der Waals surface area contributed by atoms with Crippen LogP contribution in [0.25, 0.3) is 0 Å². The highest BCUT2D eigenvalue weighted by atomic mass is 16.6. The van der Waals surface area contributed by atoms with Gasteiger partial charge in [0.1, 0.15) is 5.60 Å². The van der Waals surface area contributed by atoms with E-state index in [2.05, 4.69) is 5.32 Å². The lowest BCUT2D eigenvalue weighted by atomic mass is 10.2. The van der Waals surface area contributed by atoms with Crippen molar-refractivity contribution in [2.75, 3.05) is 6.61 Å². The first-order valence-corrected chi connectivity index (χ1v) is 5.94. The summed E-state index contributed by atoms with van der Waals surface area (Å²) in [5, 5.41) is 11.5. The third-order valence-corrected chi connectivity index (χ3v) is 1.72. The summed E-state index contributed by atoms with van der Waals surface area (Å²) in [4.78, 5) is 22.8. The van der Waals surface area contributed by atoms with E-state index in [1.165, 1.54) is 0 Å². The Labute approximate surface area is 108 Å². The molecule has 6 heteroatoms. The minimum atomic E-state index is -0.703. The molecule has 1 atom stereocenters. The van der Waals surface area contributed by atoms with Crippen LogP contribution >= 0.6 is 0 Å². The van der Waals surface area contributed by atoms with E-state index in [1.54, 1.807) is 34.6 Å². The molecule has 0 radical (unpaired) electrons. The van der Waals surface area contributed by atoms with Gasteiger partial charge in [0, 0.05) is 0 Å². The number of nitrogens with one attached hydrogen (secondary N) is 1. The molecular formula is C12H23NO5. The van der Waals surface area contributed by atoms with Gasteiger partial charge in [-0.3, -0.25) is 4.79 Å². The van der Waals surface area contributed by atoms with Gasteiger partial charge in [-0.2, -0.15) is 0 Å². The third kappa shape index (κ3) is 8.81. The van der Waals surface area contributed by atoms with Crippen molar-refractivity contribution in [3.8, 4) is 0 Å². The fourth-order valence-electron chi connectivity index (χ4n) is 1.15. The molecule has 106 valence electrons. The number of alkyl carbamates (subject to hydrolysis) is 1. The summed E-state index contributed by atoms with van der Waals surface area (Å²) in [5.74, 6) is -0.472. The Balaban J connectivity index is 4.19. The number of aliphatic hydroxyl groups is 1. The molecule has 0 saturated carbocycles. The number of esters is 1. The molecule has 0 rings (SSSR count). The molecular weight excluding hydrogens is 238 g/mol. The molecule has 0 aliphatic carbocycles. The van der Waals surface area contributed by atoms with Crippen LogP contribution in [0.15, 0.2) is 0 Å². The number of ether oxygens (including phenoxy) is 2. The standard InChI is InChI=1S/C12H23NO5/c1-8(2)17-10(15)6-9(7-14)13-11(16)18-12(3,4)5/h8-9,14H,6-7H2,1-5H3,(H,13,16). The minimum absolute atomic E-state index is 0.0894. The van der Waals surface area contributed by atoms with Crippen molar-refractivity contribution in [3.63, 3.8) is 0 Å². The first-order valence-electron chi connectivity index (χ1n) is 5.94. The van der Waals surface area contributed by atoms with Crippen LogP contribution in [0, 0.1) is 0 Å². The summed E-state index contributed by atoms with van der Waals surface area (Å²) < 4.78 is 9.94. The Hall–Kier alpha value is -1.30. The maximum atomic E-state index is 11.4. The van der Waals surface area contributed by atoms with Crippen LogP contribution in [-0.2, 0) is 14.3 Å². The van der Waals surface area contributed by atoms with Crippen molar-refractivity contribution in [1.82, 2.24) is 5.32 Å². The SMILES string of the molecule is CC(C)OC(=O)CC(CO)NC(=O)OC(C)(C)C. The minimum Gasteiger partial charge on any atom is -0.463 e. The summed E-state index contributed by atoms with van der Waals surface area (Å²) in [6.07, 6.45) is -0.981. The fraction of sp³-hybridized carbons (Fsp3) is 0.833. The van der Waals surface area contributed by atoms with Crippen molar-refractivity contribution in [3.05, 3.63) is 0 Å². The molecule has 0 fully saturated rings. The smallest absolute Gasteiger partial charge is 0.407 e. The molecule has 6 nitrogen and oxygen atoms in total. The van der Waals surface area contributed by atoms with Gasteiger partial charge in [-0.05, 0) is 34.6 Å². The molecule has 0 saturated heterocycles. The second-order valence-corrected chi connectivity index (χ2v) is 5.27. The van der Waals surface area contributed by atoms with E-state index < -0.39 is 23.7 Å². The molecule has 2 N–H and O–H groups in total. The Bertz CT molecular complexity index is 283. The van der Waals surface area contributed by atoms with Gasteiger partial charge < -0.3 is 19.9 Å². The molecule has 0 aliphatic rings. The molecule has 0 aliphatic heterocycles. The van der Waals surface area contributed by atoms with E-state index in [-0.39, 0.29) is 19.1 Å². The van der Waals surface area contributed by atoms with Crippen molar-refractivity contribution >= 4 is 12.1 Å². The molecule has 0 bridgehead atoms. The number of hydrogen-bond acceptors (Lipinski definition) is 5. The maximum absolute atomic E-state index is 11.4. The highest BCUT2D eigenvalue weighted by molar-refractivity contribution is 5.73. The van der Waals surface area contributed by atoms with Crippen LogP contribution in [-0.4, -0.2) is 41.5 Å². The van der Waals surface area contributed by atoms with E-state index in [9.17, 15) is 9.59 Å². The second-order valence-electron chi connectivity index (χ2n) is 5.27. The monoisotopic (exact) mass is 261 g/mol. The van der Waals surface area contributed by atoms with Gasteiger partial charge in [0.05, 0.1) is 25.2 Å². The topological polar surface area (TPSA) is 84.9 Å². The largest absolute Gasteiger partial charge is 0.463 e. The fourth-order valence-corrected chi connectivity index (χ4v) is 1.15. The van der Waals surface area contributed by atoms with Gasteiger partial charge in [-0.15, -0.1) is 0 Å². The van der Waals surface area contributed by atoms with Gasteiger partial charge in [-0.1, -0.05) is 0 Å². The summed E-state index contributed by atoms with van der Waals surface area (Å²) >= 11 is 0. The summed E-state index contributed by atoms with van der Waals surface area (Å²) in [6.45, 7) is 8.29. The van der Waals surface area contributed by atoms with Crippen LogP contribution in [0.3, 0.4) is 0 Å². The normalized spacial score (nSPS) is 13.1. The number of hydrogen-bond donors (Lipinski definition) is 2. The van der Waals surface area contributed by atoms with Crippen LogP contribution in [0.2, 0.25) is 0 Å². The number of aliphatic hydroxyl groups excluding tert-OH is 1. The van der Waals surface area contributed by atoms with E-state index in [1.807, 2.05) is 0 Å². The molecule has 0 heterocycles. The van der Waals surface area contributed by atoms with E-state index in [0.717, 1.165) is 0 Å². The highest BCUT2D eigenvalue weighted by Gasteiger charge is 2.21. The van der Waals surface area contributed by atoms with Gasteiger partial charge in [-0.25, -0.2) is 4.79 Å². The van der Waals surface area contributed by atoms with E-state index in [4.69, 9.17) is 14.6 Å². The molecule has 0 spiro atoms. The lowest BCUT2D eigenvalue weighted by Crippen LogP contribution is -2.42. The van der Waals surface area contributed by atoms with E-state index >= 15 is 0 Å². The number of carbonyl (C=O) groups is 2. The molecule has 18 heavy (non-hydrogen) atoms. The van der Waals surface area contributed by atoms with Gasteiger partial charge in [0.2, 0.25) is 0 Å². The van der Waals surface area contributed by atoms with Crippen LogP contribution in [0.5, 0.6) is 0 Å². The zero-order valence-electron chi connectivity index (χ0n) is 11.6. The average molecular weight is 261 g/mol. The van der Waals surface area contributed by atoms with Crippen LogP contribution < -0.4 is 5.32 Å². The third-order valence-electron chi connectivity index (χ3n) is 1.72. The maximum Gasteiger partial charge on any atom is 0.407 e. The Morgan fingerprint density at radius 3 is 2.22 bits per heavy atom. The summed E-state index contributed by atoms with van der Waals surface area (Å²) in [5.41, 5.74) is -0.622. The van der Waals surface area contributed by atoms with Crippen molar-refractivity contribution in [2.24, 2.45) is 0 Å². The molecule has 0 aromatic rings. The molecule has 1 amide bonds. The second kappa shape index (κ2) is 7.20. The lowest BCUT2D eigenvalue weighted by Gasteiger charge is -2.22. The lowest BCUT2D eigenvalue weighted by molar-refractivity contribution is -0.148. The average Bonchev–Trinajstić information content (AvgIpc) is 2.11. The molecule has 0 aromatic heterocycles.